The van der Waals surface area contributed by atoms with Crippen molar-refractivity contribution >= 4 is 0 Å². The first-order valence-corrected chi connectivity index (χ1v) is 6.68. The number of nitrogens with two attached hydrogens (primary N) is 1. The van der Waals surface area contributed by atoms with Gasteiger partial charge in [-0.25, -0.2) is 0 Å². The Bertz CT molecular complexity index is 310. The van der Waals surface area contributed by atoms with Crippen LogP contribution in [0, 0.1) is 0 Å². The molecule has 0 heterocycles. The van der Waals surface area contributed by atoms with E-state index in [1.54, 1.807) is 7.11 Å². The fourth-order valence-electron chi connectivity index (χ4n) is 1.98. The Morgan fingerprint density at radius 3 is 2.39 bits per heavy atom. The van der Waals surface area contributed by atoms with Crippen LogP contribution in [0.25, 0.3) is 0 Å². The van der Waals surface area contributed by atoms with E-state index >= 15 is 0 Å². The average molecular weight is 250 g/mol. The van der Waals surface area contributed by atoms with Crippen LogP contribution in [0.2, 0.25) is 0 Å². The Labute approximate surface area is 111 Å². The topological polar surface area (TPSA) is 38.5 Å². The summed E-state index contributed by atoms with van der Waals surface area (Å²) in [5.41, 5.74) is 7.01. The summed E-state index contributed by atoms with van der Waals surface area (Å²) in [4.78, 5) is 2.46. The van der Waals surface area contributed by atoms with Gasteiger partial charge in [-0.1, -0.05) is 30.3 Å². The molecule has 0 bridgehead atoms. The van der Waals surface area contributed by atoms with Crippen LogP contribution in [0.4, 0.5) is 0 Å². The Balaban J connectivity index is 2.50. The largest absolute Gasteiger partial charge is 0.380 e. The maximum Gasteiger partial charge on any atom is 0.0705 e. The summed E-state index contributed by atoms with van der Waals surface area (Å²) in [5, 5.41) is 0. The summed E-state index contributed by atoms with van der Waals surface area (Å²) in [6, 6.07) is 11.1. The molecule has 0 fully saturated rings. The highest BCUT2D eigenvalue weighted by Crippen LogP contribution is 2.10. The fourth-order valence-corrected chi connectivity index (χ4v) is 1.98. The first kappa shape index (κ1) is 15.2. The Morgan fingerprint density at radius 2 is 1.89 bits per heavy atom. The summed E-state index contributed by atoms with van der Waals surface area (Å²) in [7, 11) is 1.73. The zero-order valence-corrected chi connectivity index (χ0v) is 11.8. The molecule has 0 aromatic heterocycles. The molecule has 0 saturated carbocycles. The van der Waals surface area contributed by atoms with Crippen molar-refractivity contribution in [3.8, 4) is 0 Å². The molecule has 0 spiro atoms. The van der Waals surface area contributed by atoms with E-state index in [9.17, 15) is 0 Å². The molecule has 1 aromatic rings. The predicted molar refractivity (Wildman–Crippen MR) is 76.5 cm³/mol. The molecule has 3 heteroatoms. The van der Waals surface area contributed by atoms with Crippen LogP contribution in [-0.2, 0) is 11.3 Å². The van der Waals surface area contributed by atoms with E-state index in [-0.39, 0.29) is 6.10 Å². The third-order valence-corrected chi connectivity index (χ3v) is 3.29. The molecule has 1 atom stereocenters. The molecule has 18 heavy (non-hydrogen) atoms. The number of methoxy groups -OCH3 is 1. The van der Waals surface area contributed by atoms with Crippen LogP contribution < -0.4 is 5.73 Å². The van der Waals surface area contributed by atoms with Gasteiger partial charge in [-0.05, 0) is 25.8 Å². The van der Waals surface area contributed by atoms with Gasteiger partial charge in [0.05, 0.1) is 6.10 Å². The molecule has 0 saturated heterocycles. The van der Waals surface area contributed by atoms with Gasteiger partial charge in [0.2, 0.25) is 0 Å². The smallest absolute Gasteiger partial charge is 0.0705 e. The first-order chi connectivity index (χ1) is 8.67. The summed E-state index contributed by atoms with van der Waals surface area (Å²) in [5.74, 6) is 0. The molecular weight excluding hydrogens is 224 g/mol. The number of benzene rings is 1. The zero-order chi connectivity index (χ0) is 13.4. The van der Waals surface area contributed by atoms with Crippen molar-refractivity contribution in [3.05, 3.63) is 35.9 Å². The minimum atomic E-state index is 0.169. The van der Waals surface area contributed by atoms with Gasteiger partial charge in [-0.15, -0.1) is 0 Å². The maximum absolute atomic E-state index is 5.65. The average Bonchev–Trinajstić information content (AvgIpc) is 2.39. The molecule has 102 valence electrons. The highest BCUT2D eigenvalue weighted by molar-refractivity contribution is 5.14. The minimum Gasteiger partial charge on any atom is -0.380 e. The van der Waals surface area contributed by atoms with E-state index in [0.717, 1.165) is 19.5 Å². The lowest BCUT2D eigenvalue weighted by molar-refractivity contribution is 0.0827. The second-order valence-corrected chi connectivity index (χ2v) is 4.93. The van der Waals surface area contributed by atoms with E-state index in [1.165, 1.54) is 5.56 Å². The number of nitrogens with zero attached hydrogens (tertiary/aromatic N) is 1. The summed E-state index contributed by atoms with van der Waals surface area (Å²) < 4.78 is 5.33. The third-order valence-electron chi connectivity index (χ3n) is 3.29. The fraction of sp³-hybridized carbons (Fsp3) is 0.600. The molecular formula is C15H26N2O. The second kappa shape index (κ2) is 8.25. The van der Waals surface area contributed by atoms with Crippen molar-refractivity contribution in [3.63, 3.8) is 0 Å². The first-order valence-electron chi connectivity index (χ1n) is 6.68. The van der Waals surface area contributed by atoms with Crippen molar-refractivity contribution in [2.45, 2.75) is 39.0 Å². The lowest BCUT2D eigenvalue weighted by atomic mass is 10.1. The lowest BCUT2D eigenvalue weighted by Crippen LogP contribution is -2.35. The predicted octanol–water partition coefficient (Wildman–Crippen LogP) is 2.26. The van der Waals surface area contributed by atoms with Gasteiger partial charge in [0.25, 0.3) is 0 Å². The van der Waals surface area contributed by atoms with Crippen molar-refractivity contribution in [2.24, 2.45) is 5.73 Å². The van der Waals surface area contributed by atoms with Crippen LogP contribution in [0.15, 0.2) is 30.3 Å². The molecule has 0 aliphatic rings. The van der Waals surface area contributed by atoms with Crippen molar-refractivity contribution in [2.75, 3.05) is 20.2 Å². The second-order valence-electron chi connectivity index (χ2n) is 4.93. The number of hydrogen-bond donors (Lipinski definition) is 1. The molecule has 0 amide bonds. The monoisotopic (exact) mass is 250 g/mol. The molecule has 3 nitrogen and oxygen atoms in total. The van der Waals surface area contributed by atoms with E-state index in [4.69, 9.17) is 10.5 Å². The Kier molecular flexibility index (Phi) is 6.94. The van der Waals surface area contributed by atoms with Gasteiger partial charge < -0.3 is 10.5 Å². The molecule has 1 aromatic carbocycles. The highest BCUT2D eigenvalue weighted by Gasteiger charge is 2.13. The van der Waals surface area contributed by atoms with E-state index in [2.05, 4.69) is 49.1 Å². The van der Waals surface area contributed by atoms with Crippen molar-refractivity contribution < 1.29 is 4.74 Å². The number of ether oxygens (including phenoxy) is 1. The van der Waals surface area contributed by atoms with Crippen LogP contribution in [0.3, 0.4) is 0 Å². The van der Waals surface area contributed by atoms with Gasteiger partial charge in [-0.2, -0.15) is 0 Å². The molecule has 1 rings (SSSR count). The maximum atomic E-state index is 5.65. The Morgan fingerprint density at radius 1 is 1.22 bits per heavy atom. The van der Waals surface area contributed by atoms with Gasteiger partial charge in [0, 0.05) is 32.8 Å². The molecule has 2 N–H and O–H groups in total. The lowest BCUT2D eigenvalue weighted by Gasteiger charge is -2.28. The van der Waals surface area contributed by atoms with Crippen LogP contribution in [0.5, 0.6) is 0 Å². The number of hydrogen-bond acceptors (Lipinski definition) is 3. The van der Waals surface area contributed by atoms with E-state index in [1.807, 2.05) is 0 Å². The molecule has 0 aliphatic heterocycles. The minimum absolute atomic E-state index is 0.169. The third kappa shape index (κ3) is 5.17. The quantitative estimate of drug-likeness (QED) is 0.769. The van der Waals surface area contributed by atoms with Crippen LogP contribution in [0.1, 0.15) is 25.8 Å². The normalized spacial score (nSPS) is 13.2. The zero-order valence-electron chi connectivity index (χ0n) is 11.8. The standard InChI is InChI=1S/C15H26N2O/c1-13(2)17(10-9-15(11-16)18-3)12-14-7-5-4-6-8-14/h4-8,13,15H,9-12,16H2,1-3H3. The van der Waals surface area contributed by atoms with Gasteiger partial charge in [-0.3, -0.25) is 4.90 Å². The molecule has 1 unspecified atom stereocenters. The van der Waals surface area contributed by atoms with Gasteiger partial charge in [0.1, 0.15) is 0 Å². The SMILES string of the molecule is COC(CN)CCN(Cc1ccccc1)C(C)C. The summed E-state index contributed by atoms with van der Waals surface area (Å²) in [6.45, 7) is 7.05. The molecule has 0 radical (unpaired) electrons. The van der Waals surface area contributed by atoms with E-state index in [0.29, 0.717) is 12.6 Å². The summed E-state index contributed by atoms with van der Waals surface area (Å²) in [6.07, 6.45) is 1.15. The van der Waals surface area contributed by atoms with Gasteiger partial charge in [0.15, 0.2) is 0 Å². The van der Waals surface area contributed by atoms with Crippen LogP contribution >= 0.6 is 0 Å². The Hall–Kier alpha value is -0.900. The highest BCUT2D eigenvalue weighted by atomic mass is 16.5. The van der Waals surface area contributed by atoms with Gasteiger partial charge >= 0.3 is 0 Å². The van der Waals surface area contributed by atoms with Crippen LogP contribution in [-0.4, -0.2) is 37.2 Å². The van der Waals surface area contributed by atoms with Crippen molar-refractivity contribution in [1.29, 1.82) is 0 Å². The molecule has 0 aliphatic carbocycles. The van der Waals surface area contributed by atoms with E-state index < -0.39 is 0 Å². The number of rotatable bonds is 8. The summed E-state index contributed by atoms with van der Waals surface area (Å²) >= 11 is 0. The van der Waals surface area contributed by atoms with Crippen molar-refractivity contribution in [1.82, 2.24) is 4.90 Å².